The van der Waals surface area contributed by atoms with Crippen LogP contribution in [0.3, 0.4) is 0 Å². The molecule has 1 fully saturated rings. The first kappa shape index (κ1) is 12.4. The average Bonchev–Trinajstić information content (AvgIpc) is 2.66. The number of halogens is 1. The van der Waals surface area contributed by atoms with Gasteiger partial charge in [0.05, 0.1) is 4.34 Å². The van der Waals surface area contributed by atoms with Crippen LogP contribution in [-0.4, -0.2) is 36.6 Å². The van der Waals surface area contributed by atoms with Gasteiger partial charge >= 0.3 is 0 Å². The molecule has 1 aliphatic heterocycles. The molecule has 2 heterocycles. The number of nitrogens with zero attached hydrogens (tertiary/aromatic N) is 1. The van der Waals surface area contributed by atoms with Gasteiger partial charge in [0.1, 0.15) is 0 Å². The molecular weight excluding hydrogens is 240 g/mol. The van der Waals surface area contributed by atoms with Crippen molar-refractivity contribution in [3.05, 3.63) is 21.3 Å². The second kappa shape index (κ2) is 5.50. The summed E-state index contributed by atoms with van der Waals surface area (Å²) in [5.41, 5.74) is 0. The Balaban J connectivity index is 1.84. The Morgan fingerprint density at radius 2 is 2.31 bits per heavy atom. The van der Waals surface area contributed by atoms with Gasteiger partial charge in [-0.25, -0.2) is 0 Å². The fraction of sp³-hybridized carbons (Fsp3) is 0.667. The third-order valence-electron chi connectivity index (χ3n) is 3.17. The van der Waals surface area contributed by atoms with Crippen molar-refractivity contribution in [1.29, 1.82) is 0 Å². The maximum Gasteiger partial charge on any atom is 0.0931 e. The van der Waals surface area contributed by atoms with Crippen molar-refractivity contribution in [2.45, 2.75) is 32.4 Å². The van der Waals surface area contributed by atoms with E-state index < -0.39 is 0 Å². The standard InChI is InChI=1S/C12H19ClN2S/c1-9-8-15(10(2)7-14-9)6-5-11-3-4-12(13)16-11/h3-4,9-10,14H,5-8H2,1-2H3. The number of nitrogens with one attached hydrogen (secondary N) is 1. The van der Waals surface area contributed by atoms with Gasteiger partial charge in [0, 0.05) is 36.6 Å². The highest BCUT2D eigenvalue weighted by atomic mass is 35.5. The average molecular weight is 259 g/mol. The van der Waals surface area contributed by atoms with Gasteiger partial charge in [-0.05, 0) is 32.4 Å². The van der Waals surface area contributed by atoms with Crippen LogP contribution < -0.4 is 5.32 Å². The summed E-state index contributed by atoms with van der Waals surface area (Å²) >= 11 is 7.63. The van der Waals surface area contributed by atoms with E-state index in [2.05, 4.69) is 30.1 Å². The number of hydrogen-bond acceptors (Lipinski definition) is 3. The van der Waals surface area contributed by atoms with Gasteiger partial charge in [-0.3, -0.25) is 4.90 Å². The molecule has 1 aromatic rings. The van der Waals surface area contributed by atoms with E-state index in [1.165, 1.54) is 4.88 Å². The van der Waals surface area contributed by atoms with E-state index in [9.17, 15) is 0 Å². The lowest BCUT2D eigenvalue weighted by molar-refractivity contribution is 0.148. The van der Waals surface area contributed by atoms with E-state index in [1.54, 1.807) is 11.3 Å². The second-order valence-electron chi connectivity index (χ2n) is 4.61. The van der Waals surface area contributed by atoms with Gasteiger partial charge in [0.25, 0.3) is 0 Å². The molecule has 90 valence electrons. The molecule has 1 N–H and O–H groups in total. The molecule has 0 bridgehead atoms. The summed E-state index contributed by atoms with van der Waals surface area (Å²) in [6, 6.07) is 5.39. The van der Waals surface area contributed by atoms with Crippen LogP contribution in [0.15, 0.2) is 12.1 Å². The van der Waals surface area contributed by atoms with Crippen LogP contribution >= 0.6 is 22.9 Å². The van der Waals surface area contributed by atoms with Crippen molar-refractivity contribution in [2.75, 3.05) is 19.6 Å². The highest BCUT2D eigenvalue weighted by molar-refractivity contribution is 7.16. The summed E-state index contributed by atoms with van der Waals surface area (Å²) in [4.78, 5) is 3.96. The molecule has 0 amide bonds. The molecule has 0 aromatic carbocycles. The fourth-order valence-electron chi connectivity index (χ4n) is 2.15. The quantitative estimate of drug-likeness (QED) is 0.897. The molecular formula is C12H19ClN2S. The van der Waals surface area contributed by atoms with E-state index in [4.69, 9.17) is 11.6 Å². The molecule has 2 rings (SSSR count). The van der Waals surface area contributed by atoms with Crippen LogP contribution in [0, 0.1) is 0 Å². The van der Waals surface area contributed by atoms with Crippen molar-refractivity contribution in [2.24, 2.45) is 0 Å². The largest absolute Gasteiger partial charge is 0.311 e. The fourth-order valence-corrected chi connectivity index (χ4v) is 3.22. The third kappa shape index (κ3) is 3.20. The van der Waals surface area contributed by atoms with Gasteiger partial charge in [0.15, 0.2) is 0 Å². The van der Waals surface area contributed by atoms with E-state index in [0.29, 0.717) is 12.1 Å². The first-order valence-electron chi connectivity index (χ1n) is 5.87. The predicted molar refractivity (Wildman–Crippen MR) is 71.5 cm³/mol. The van der Waals surface area contributed by atoms with E-state index in [-0.39, 0.29) is 0 Å². The van der Waals surface area contributed by atoms with Crippen LogP contribution in [0.1, 0.15) is 18.7 Å². The van der Waals surface area contributed by atoms with Crippen LogP contribution in [-0.2, 0) is 6.42 Å². The summed E-state index contributed by atoms with van der Waals surface area (Å²) < 4.78 is 0.900. The van der Waals surface area contributed by atoms with Gasteiger partial charge in [-0.15, -0.1) is 11.3 Å². The Morgan fingerprint density at radius 1 is 1.50 bits per heavy atom. The van der Waals surface area contributed by atoms with Gasteiger partial charge in [-0.1, -0.05) is 11.6 Å². The van der Waals surface area contributed by atoms with Crippen LogP contribution in [0.4, 0.5) is 0 Å². The van der Waals surface area contributed by atoms with Gasteiger partial charge < -0.3 is 5.32 Å². The van der Waals surface area contributed by atoms with Crippen LogP contribution in [0.25, 0.3) is 0 Å². The maximum atomic E-state index is 5.93. The highest BCUT2D eigenvalue weighted by Crippen LogP contribution is 2.22. The van der Waals surface area contributed by atoms with Crippen molar-refractivity contribution < 1.29 is 0 Å². The monoisotopic (exact) mass is 258 g/mol. The Bertz CT molecular complexity index is 340. The molecule has 16 heavy (non-hydrogen) atoms. The van der Waals surface area contributed by atoms with E-state index in [1.807, 2.05) is 6.07 Å². The van der Waals surface area contributed by atoms with E-state index in [0.717, 1.165) is 30.4 Å². The Morgan fingerprint density at radius 3 is 3.00 bits per heavy atom. The van der Waals surface area contributed by atoms with Gasteiger partial charge in [-0.2, -0.15) is 0 Å². The van der Waals surface area contributed by atoms with Crippen molar-refractivity contribution in [3.63, 3.8) is 0 Å². The zero-order valence-electron chi connectivity index (χ0n) is 9.87. The topological polar surface area (TPSA) is 15.3 Å². The minimum absolute atomic E-state index is 0.614. The normalized spacial score (nSPS) is 27.2. The van der Waals surface area contributed by atoms with Gasteiger partial charge in [0.2, 0.25) is 0 Å². The van der Waals surface area contributed by atoms with Crippen molar-refractivity contribution >= 4 is 22.9 Å². The molecule has 2 atom stereocenters. The number of rotatable bonds is 3. The molecule has 1 aromatic heterocycles. The van der Waals surface area contributed by atoms with Crippen molar-refractivity contribution in [1.82, 2.24) is 10.2 Å². The summed E-state index contributed by atoms with van der Waals surface area (Å²) in [7, 11) is 0. The lowest BCUT2D eigenvalue weighted by atomic mass is 10.1. The predicted octanol–water partition coefficient (Wildman–Crippen LogP) is 2.63. The Kier molecular flexibility index (Phi) is 4.25. The lowest BCUT2D eigenvalue weighted by Gasteiger charge is -2.37. The maximum absolute atomic E-state index is 5.93. The molecule has 2 nitrogen and oxygen atoms in total. The zero-order valence-corrected chi connectivity index (χ0v) is 11.4. The Hall–Kier alpha value is -0.0900. The summed E-state index contributed by atoms with van der Waals surface area (Å²) in [6.07, 6.45) is 1.12. The first-order valence-corrected chi connectivity index (χ1v) is 7.06. The van der Waals surface area contributed by atoms with E-state index >= 15 is 0 Å². The minimum Gasteiger partial charge on any atom is -0.311 e. The third-order valence-corrected chi connectivity index (χ3v) is 4.46. The number of thiophene rings is 1. The summed E-state index contributed by atoms with van der Waals surface area (Å²) in [5.74, 6) is 0. The molecule has 1 aliphatic rings. The first-order chi connectivity index (χ1) is 7.65. The molecule has 0 saturated carbocycles. The minimum atomic E-state index is 0.614. The lowest BCUT2D eigenvalue weighted by Crippen LogP contribution is -2.54. The van der Waals surface area contributed by atoms with Crippen LogP contribution in [0.5, 0.6) is 0 Å². The van der Waals surface area contributed by atoms with Crippen LogP contribution in [0.2, 0.25) is 4.34 Å². The number of piperazine rings is 1. The smallest absolute Gasteiger partial charge is 0.0931 e. The molecule has 0 spiro atoms. The van der Waals surface area contributed by atoms with Crippen molar-refractivity contribution in [3.8, 4) is 0 Å². The molecule has 1 saturated heterocycles. The Labute approximate surface area is 107 Å². The summed E-state index contributed by atoms with van der Waals surface area (Å²) in [6.45, 7) is 7.94. The molecule has 0 radical (unpaired) electrons. The second-order valence-corrected chi connectivity index (χ2v) is 6.41. The number of hydrogen-bond donors (Lipinski definition) is 1. The highest BCUT2D eigenvalue weighted by Gasteiger charge is 2.21. The zero-order chi connectivity index (χ0) is 11.5. The summed E-state index contributed by atoms with van der Waals surface area (Å²) in [5, 5.41) is 3.50. The molecule has 0 aliphatic carbocycles. The molecule has 2 unspecified atom stereocenters. The molecule has 4 heteroatoms. The SMILES string of the molecule is CC1CN(CCc2ccc(Cl)s2)C(C)CN1.